The summed E-state index contributed by atoms with van der Waals surface area (Å²) in [6.45, 7) is 0.148. The second-order valence-electron chi connectivity index (χ2n) is 9.25. The number of hydrogen-bond donors (Lipinski definition) is 1. The van der Waals surface area contributed by atoms with Gasteiger partial charge in [0.25, 0.3) is 5.91 Å². The molecule has 0 spiro atoms. The van der Waals surface area contributed by atoms with E-state index in [9.17, 15) is 39.7 Å². The predicted molar refractivity (Wildman–Crippen MR) is 106 cm³/mol. The van der Waals surface area contributed by atoms with Crippen LogP contribution in [-0.2, 0) is 26.6 Å². The van der Waals surface area contributed by atoms with E-state index in [1.807, 2.05) is 0 Å². The smallest absolute Gasteiger partial charge is 0.336 e. The zero-order valence-corrected chi connectivity index (χ0v) is 18.6. The third kappa shape index (κ3) is 3.87. The highest BCUT2D eigenvalue weighted by Crippen LogP contribution is 2.54. The SMILES string of the molecule is N=S1(=O)CCC(F)(C(=O)N2CC[C@H]3c4ccc(C(F)(C(F)(F)F)C(F)(F)F)cc4CC[C@H]32)CC1. The van der Waals surface area contributed by atoms with Crippen molar-refractivity contribution in [2.24, 2.45) is 0 Å². The molecule has 1 amide bonds. The van der Waals surface area contributed by atoms with E-state index in [1.165, 1.54) is 4.90 Å². The van der Waals surface area contributed by atoms with Crippen molar-refractivity contribution in [3.63, 3.8) is 0 Å². The van der Waals surface area contributed by atoms with E-state index >= 15 is 4.39 Å². The highest BCUT2D eigenvalue weighted by Gasteiger charge is 2.73. The van der Waals surface area contributed by atoms with Crippen LogP contribution in [0, 0.1) is 4.78 Å². The molecule has 2 atom stereocenters. The zero-order valence-electron chi connectivity index (χ0n) is 17.7. The highest BCUT2D eigenvalue weighted by molar-refractivity contribution is 7.92. The Morgan fingerprint density at radius 1 is 1.03 bits per heavy atom. The Kier molecular flexibility index (Phi) is 5.77. The molecule has 1 aromatic rings. The summed E-state index contributed by atoms with van der Waals surface area (Å²) in [7, 11) is -2.91. The summed E-state index contributed by atoms with van der Waals surface area (Å²) < 4.78 is 128. The maximum absolute atomic E-state index is 15.4. The molecule has 1 aliphatic carbocycles. The Hall–Kier alpha value is -1.92. The normalized spacial score (nSPS) is 32.3. The number of hydrogen-bond acceptors (Lipinski definition) is 3. The number of halogens is 8. The fraction of sp³-hybridized carbons (Fsp3) is 0.667. The number of carbonyl (C=O) groups excluding carboxylic acids is 1. The third-order valence-corrected chi connectivity index (χ3v) is 9.00. The number of aryl methyl sites for hydroxylation is 1. The van der Waals surface area contributed by atoms with Gasteiger partial charge in [0.2, 0.25) is 0 Å². The monoisotopic (exact) mass is 518 g/mol. The molecule has 190 valence electrons. The van der Waals surface area contributed by atoms with Gasteiger partial charge in [-0.1, -0.05) is 18.2 Å². The molecule has 2 aliphatic heterocycles. The van der Waals surface area contributed by atoms with Crippen LogP contribution in [0.15, 0.2) is 18.2 Å². The number of likely N-dealkylation sites (tertiary alicyclic amines) is 1. The van der Waals surface area contributed by atoms with E-state index in [4.69, 9.17) is 4.78 Å². The van der Waals surface area contributed by atoms with Crippen molar-refractivity contribution in [1.29, 1.82) is 4.78 Å². The van der Waals surface area contributed by atoms with Crippen molar-refractivity contribution in [1.82, 2.24) is 4.90 Å². The van der Waals surface area contributed by atoms with Crippen LogP contribution in [0.25, 0.3) is 0 Å². The van der Waals surface area contributed by atoms with Gasteiger partial charge in [0.1, 0.15) is 0 Å². The Labute approximate surface area is 190 Å². The molecule has 1 N–H and O–H groups in total. The van der Waals surface area contributed by atoms with Gasteiger partial charge < -0.3 is 4.90 Å². The average molecular weight is 518 g/mol. The first-order valence-electron chi connectivity index (χ1n) is 10.7. The maximum atomic E-state index is 15.4. The lowest BCUT2D eigenvalue weighted by molar-refractivity contribution is -0.348. The van der Waals surface area contributed by atoms with E-state index in [0.717, 1.165) is 6.07 Å². The van der Waals surface area contributed by atoms with E-state index in [-0.39, 0.29) is 49.3 Å². The van der Waals surface area contributed by atoms with Crippen molar-refractivity contribution in [3.8, 4) is 0 Å². The number of carbonyl (C=O) groups is 1. The number of amides is 1. The minimum Gasteiger partial charge on any atom is -0.336 e. The molecule has 0 saturated carbocycles. The molecule has 4 nitrogen and oxygen atoms in total. The summed E-state index contributed by atoms with van der Waals surface area (Å²) in [5, 5.41) is 0. The van der Waals surface area contributed by atoms with Gasteiger partial charge in [0.05, 0.1) is 0 Å². The Morgan fingerprint density at radius 2 is 1.62 bits per heavy atom. The van der Waals surface area contributed by atoms with Crippen LogP contribution in [0.5, 0.6) is 0 Å². The lowest BCUT2D eigenvalue weighted by atomic mass is 9.77. The predicted octanol–water partition coefficient (Wildman–Crippen LogP) is 5.16. The molecule has 2 heterocycles. The van der Waals surface area contributed by atoms with Crippen LogP contribution in [0.2, 0.25) is 0 Å². The van der Waals surface area contributed by atoms with Gasteiger partial charge >= 0.3 is 18.0 Å². The first-order valence-corrected chi connectivity index (χ1v) is 12.6. The number of benzene rings is 1. The first-order chi connectivity index (χ1) is 15.5. The Bertz CT molecular complexity index is 1070. The molecular formula is C21H22F8N2O2S. The van der Waals surface area contributed by atoms with Gasteiger partial charge in [-0.25, -0.2) is 13.0 Å². The second kappa shape index (κ2) is 7.79. The zero-order chi connectivity index (χ0) is 25.3. The molecule has 2 fully saturated rings. The largest absolute Gasteiger partial charge is 0.435 e. The van der Waals surface area contributed by atoms with Gasteiger partial charge in [-0.2, -0.15) is 26.3 Å². The van der Waals surface area contributed by atoms with Gasteiger partial charge in [0.15, 0.2) is 5.67 Å². The number of fused-ring (bicyclic) bond motifs is 3. The van der Waals surface area contributed by atoms with Crippen LogP contribution < -0.4 is 0 Å². The molecule has 0 radical (unpaired) electrons. The fourth-order valence-electron chi connectivity index (χ4n) is 5.37. The standard InChI is InChI=1S/C21H22F8N2O2S/c22-18(6-9-34(30,33)10-7-18)17(32)31-8-5-15-14-3-2-13(11-12(14)1-4-16(15)31)19(23,20(24,25)26)21(27,28)29/h2-3,11,15-16,30H,1,4-10H2/t15-,16+,18?,34?/m0/s1. The molecule has 0 bridgehead atoms. The maximum Gasteiger partial charge on any atom is 0.435 e. The van der Waals surface area contributed by atoms with Gasteiger partial charge in [0, 0.05) is 58.1 Å². The topological polar surface area (TPSA) is 61.2 Å². The van der Waals surface area contributed by atoms with Crippen molar-refractivity contribution < 1.29 is 44.1 Å². The minimum absolute atomic E-state index is 0.000259. The lowest BCUT2D eigenvalue weighted by Crippen LogP contribution is -2.52. The van der Waals surface area contributed by atoms with Gasteiger partial charge in [-0.05, 0) is 30.4 Å². The average Bonchev–Trinajstić information content (AvgIpc) is 3.17. The second-order valence-corrected chi connectivity index (χ2v) is 11.7. The number of rotatable bonds is 2. The number of nitrogens with one attached hydrogen (secondary N) is 1. The number of nitrogens with zero attached hydrogens (tertiary/aromatic N) is 1. The van der Waals surface area contributed by atoms with Crippen LogP contribution in [0.1, 0.15) is 48.3 Å². The van der Waals surface area contributed by atoms with E-state index in [2.05, 4.69) is 0 Å². The van der Waals surface area contributed by atoms with E-state index < -0.39 is 56.8 Å². The summed E-state index contributed by atoms with van der Waals surface area (Å²) in [5.41, 5.74) is -8.74. The molecule has 34 heavy (non-hydrogen) atoms. The summed E-state index contributed by atoms with van der Waals surface area (Å²) in [6, 6.07) is 1.62. The third-order valence-electron chi connectivity index (χ3n) is 7.28. The Morgan fingerprint density at radius 3 is 2.18 bits per heavy atom. The van der Waals surface area contributed by atoms with E-state index in [1.54, 1.807) is 0 Å². The van der Waals surface area contributed by atoms with Gasteiger partial charge in [-0.15, -0.1) is 0 Å². The molecule has 1 aromatic carbocycles. The molecule has 0 unspecified atom stereocenters. The Balaban J connectivity index is 1.60. The molecule has 0 aromatic heterocycles. The summed E-state index contributed by atoms with van der Waals surface area (Å²) >= 11 is 0. The van der Waals surface area contributed by atoms with Gasteiger partial charge in [-0.3, -0.25) is 9.57 Å². The van der Waals surface area contributed by atoms with Crippen molar-refractivity contribution in [2.45, 2.75) is 67.8 Å². The quantitative estimate of drug-likeness (QED) is 0.551. The first kappa shape index (κ1) is 25.2. The van der Waals surface area contributed by atoms with Crippen LogP contribution in [-0.4, -0.2) is 57.1 Å². The van der Waals surface area contributed by atoms with E-state index in [0.29, 0.717) is 24.1 Å². The highest BCUT2D eigenvalue weighted by atomic mass is 32.2. The molecule has 3 aliphatic rings. The van der Waals surface area contributed by atoms with Crippen LogP contribution in [0.4, 0.5) is 35.1 Å². The molecule has 2 saturated heterocycles. The lowest BCUT2D eigenvalue weighted by Gasteiger charge is -2.38. The molecule has 4 rings (SSSR count). The minimum atomic E-state index is -6.20. The fourth-order valence-corrected chi connectivity index (χ4v) is 6.88. The summed E-state index contributed by atoms with van der Waals surface area (Å²) in [4.78, 5) is 14.4. The number of alkyl halides is 8. The molecule has 13 heteroatoms. The molecular weight excluding hydrogens is 496 g/mol. The van der Waals surface area contributed by atoms with Crippen molar-refractivity contribution in [3.05, 3.63) is 34.9 Å². The van der Waals surface area contributed by atoms with Crippen molar-refractivity contribution in [2.75, 3.05) is 18.1 Å². The van der Waals surface area contributed by atoms with Crippen molar-refractivity contribution >= 4 is 15.6 Å². The summed E-state index contributed by atoms with van der Waals surface area (Å²) in [5.74, 6) is -1.68. The van der Waals surface area contributed by atoms with Crippen LogP contribution >= 0.6 is 0 Å². The summed E-state index contributed by atoms with van der Waals surface area (Å²) in [6.07, 6.45) is -12.6. The van der Waals surface area contributed by atoms with Crippen LogP contribution in [0.3, 0.4) is 0 Å².